The van der Waals surface area contributed by atoms with Gasteiger partial charge in [0.1, 0.15) is 11.3 Å². The van der Waals surface area contributed by atoms with Crippen LogP contribution in [0.5, 0.6) is 11.6 Å². The third-order valence-corrected chi connectivity index (χ3v) is 6.15. The van der Waals surface area contributed by atoms with Gasteiger partial charge in [-0.15, -0.1) is 0 Å². The van der Waals surface area contributed by atoms with Crippen LogP contribution in [0.2, 0.25) is 0 Å². The summed E-state index contributed by atoms with van der Waals surface area (Å²) in [6.45, 7) is 9.20. The molecule has 1 aliphatic heterocycles. The molecule has 0 radical (unpaired) electrons. The number of benzene rings is 2. The Hall–Kier alpha value is -4.21. The fraction of sp³-hybridized carbons (Fsp3) is 0.250. The van der Waals surface area contributed by atoms with E-state index in [2.05, 4.69) is 56.3 Å². The number of aromatic amines is 1. The van der Waals surface area contributed by atoms with E-state index in [1.807, 2.05) is 6.20 Å². The Kier molecular flexibility index (Phi) is 7.73. The van der Waals surface area contributed by atoms with E-state index < -0.39 is 0 Å². The zero-order chi connectivity index (χ0) is 25.5. The third-order valence-electron chi connectivity index (χ3n) is 6.15. The van der Waals surface area contributed by atoms with Crippen molar-refractivity contribution in [3.63, 3.8) is 0 Å². The zero-order valence-corrected chi connectivity index (χ0v) is 20.6. The molecule has 37 heavy (non-hydrogen) atoms. The van der Waals surface area contributed by atoms with E-state index in [-0.39, 0.29) is 5.91 Å². The Morgan fingerprint density at radius 3 is 2.81 bits per heavy atom. The molecule has 0 unspecified atom stereocenters. The Bertz CT molecular complexity index is 1360. The highest BCUT2D eigenvalue weighted by Crippen LogP contribution is 2.30. The number of rotatable bonds is 10. The molecule has 1 saturated heterocycles. The molecule has 9 nitrogen and oxygen atoms in total. The summed E-state index contributed by atoms with van der Waals surface area (Å²) < 4.78 is 11.3. The lowest BCUT2D eigenvalue weighted by atomic mass is 10.1. The van der Waals surface area contributed by atoms with Crippen molar-refractivity contribution in [3.05, 3.63) is 73.6 Å². The Morgan fingerprint density at radius 2 is 2.00 bits per heavy atom. The average molecular weight is 499 g/mol. The van der Waals surface area contributed by atoms with Crippen LogP contribution in [0.1, 0.15) is 6.42 Å². The smallest absolute Gasteiger partial charge is 0.247 e. The maximum Gasteiger partial charge on any atom is 0.247 e. The number of aromatic nitrogens is 3. The number of nitrogens with zero attached hydrogens (tertiary/aromatic N) is 3. The highest BCUT2D eigenvalue weighted by Gasteiger charge is 2.12. The second-order valence-corrected chi connectivity index (χ2v) is 8.74. The van der Waals surface area contributed by atoms with E-state index in [0.717, 1.165) is 68.1 Å². The summed E-state index contributed by atoms with van der Waals surface area (Å²) in [5.74, 6) is 0.611. The predicted molar refractivity (Wildman–Crippen MR) is 145 cm³/mol. The molecular formula is C28H30N6O3. The summed E-state index contributed by atoms with van der Waals surface area (Å²) in [5, 5.41) is 6.22. The van der Waals surface area contributed by atoms with Gasteiger partial charge in [0, 0.05) is 48.8 Å². The van der Waals surface area contributed by atoms with E-state index in [0.29, 0.717) is 23.0 Å². The third kappa shape index (κ3) is 6.32. The number of carbonyl (C=O) groups excluding carboxylic acids is 1. The first kappa shape index (κ1) is 24.5. The normalized spacial score (nSPS) is 13.8. The topological polar surface area (TPSA) is 104 Å². The number of fused-ring (bicyclic) bond motifs is 1. The van der Waals surface area contributed by atoms with Crippen LogP contribution in [-0.2, 0) is 9.53 Å². The lowest BCUT2D eigenvalue weighted by Gasteiger charge is -2.26. The Morgan fingerprint density at radius 1 is 1.16 bits per heavy atom. The summed E-state index contributed by atoms with van der Waals surface area (Å²) in [5.41, 5.74) is 5.07. The summed E-state index contributed by atoms with van der Waals surface area (Å²) in [6, 6.07) is 15.4. The number of morpholine rings is 1. The monoisotopic (exact) mass is 498 g/mol. The van der Waals surface area contributed by atoms with E-state index in [4.69, 9.17) is 14.5 Å². The van der Waals surface area contributed by atoms with Gasteiger partial charge in [-0.05, 0) is 48.9 Å². The van der Waals surface area contributed by atoms with Gasteiger partial charge in [0.2, 0.25) is 11.8 Å². The van der Waals surface area contributed by atoms with Crippen LogP contribution in [0.4, 0.5) is 11.4 Å². The largest absolute Gasteiger partial charge is 0.437 e. The predicted octanol–water partition coefficient (Wildman–Crippen LogP) is 4.68. The second kappa shape index (κ2) is 11.7. The van der Waals surface area contributed by atoms with E-state index in [1.165, 1.54) is 6.08 Å². The van der Waals surface area contributed by atoms with Gasteiger partial charge in [0.05, 0.1) is 19.4 Å². The lowest BCUT2D eigenvalue weighted by Crippen LogP contribution is -2.37. The standard InChI is InChI=1S/C28H30N6O3/c1-2-25(35)32-22-5-3-6-23(17-22)37-26-19-31-28-27(33-26)24(18-30-28)20-7-9-21(10-8-20)29-11-4-12-34-13-15-36-16-14-34/h2-3,5-10,17-19,29H,1,4,11-16H2,(H,30,31)(H,32,35). The first-order chi connectivity index (χ1) is 18.2. The number of hydrogen-bond donors (Lipinski definition) is 3. The number of H-pyrrole nitrogens is 1. The maximum atomic E-state index is 11.6. The van der Waals surface area contributed by atoms with Gasteiger partial charge >= 0.3 is 0 Å². The number of anilines is 2. The maximum absolute atomic E-state index is 11.6. The molecule has 1 fully saturated rings. The molecule has 0 atom stereocenters. The van der Waals surface area contributed by atoms with Gasteiger partial charge in [-0.3, -0.25) is 9.69 Å². The number of carbonyl (C=O) groups is 1. The summed E-state index contributed by atoms with van der Waals surface area (Å²) in [7, 11) is 0. The molecule has 0 aliphatic carbocycles. The quantitative estimate of drug-likeness (QED) is 0.215. The lowest BCUT2D eigenvalue weighted by molar-refractivity contribution is -0.111. The first-order valence-electron chi connectivity index (χ1n) is 12.4. The van der Waals surface area contributed by atoms with Crippen molar-refractivity contribution in [2.45, 2.75) is 6.42 Å². The molecule has 0 spiro atoms. The van der Waals surface area contributed by atoms with E-state index >= 15 is 0 Å². The van der Waals surface area contributed by atoms with Crippen molar-refractivity contribution in [2.75, 3.05) is 50.0 Å². The number of hydrogen-bond acceptors (Lipinski definition) is 7. The molecule has 190 valence electrons. The molecule has 3 N–H and O–H groups in total. The highest BCUT2D eigenvalue weighted by molar-refractivity contribution is 5.99. The van der Waals surface area contributed by atoms with Crippen molar-refractivity contribution in [1.82, 2.24) is 19.9 Å². The van der Waals surface area contributed by atoms with Crippen LogP contribution in [0, 0.1) is 0 Å². The SMILES string of the molecule is C=CC(=O)Nc1cccc(Oc2cnc3[nH]cc(-c4ccc(NCCCN5CCOCC5)cc4)c3n2)c1. The van der Waals surface area contributed by atoms with Crippen molar-refractivity contribution in [2.24, 2.45) is 0 Å². The van der Waals surface area contributed by atoms with E-state index in [9.17, 15) is 4.79 Å². The van der Waals surface area contributed by atoms with Crippen LogP contribution in [-0.4, -0.2) is 65.2 Å². The number of amides is 1. The van der Waals surface area contributed by atoms with Gasteiger partial charge in [-0.25, -0.2) is 9.97 Å². The van der Waals surface area contributed by atoms with Crippen LogP contribution >= 0.6 is 0 Å². The first-order valence-corrected chi connectivity index (χ1v) is 12.4. The number of nitrogens with one attached hydrogen (secondary N) is 3. The molecule has 1 amide bonds. The van der Waals surface area contributed by atoms with Gasteiger partial charge in [0.15, 0.2) is 5.65 Å². The molecular weight excluding hydrogens is 468 g/mol. The fourth-order valence-corrected chi connectivity index (χ4v) is 4.22. The Labute approximate surface area is 215 Å². The van der Waals surface area contributed by atoms with Crippen molar-refractivity contribution in [3.8, 4) is 22.8 Å². The molecule has 1 aliphatic rings. The van der Waals surface area contributed by atoms with Crippen molar-refractivity contribution >= 4 is 28.4 Å². The fourth-order valence-electron chi connectivity index (χ4n) is 4.22. The summed E-state index contributed by atoms with van der Waals surface area (Å²) in [4.78, 5) is 26.4. The molecule has 2 aromatic carbocycles. The summed E-state index contributed by atoms with van der Waals surface area (Å²) in [6.07, 6.45) is 5.79. The minimum Gasteiger partial charge on any atom is -0.437 e. The molecule has 3 heterocycles. The van der Waals surface area contributed by atoms with Crippen LogP contribution in [0.3, 0.4) is 0 Å². The minimum absolute atomic E-state index is 0.287. The van der Waals surface area contributed by atoms with Gasteiger partial charge in [0.25, 0.3) is 0 Å². The van der Waals surface area contributed by atoms with Crippen molar-refractivity contribution < 1.29 is 14.3 Å². The van der Waals surface area contributed by atoms with Crippen LogP contribution in [0.25, 0.3) is 22.3 Å². The Balaban J connectivity index is 1.23. The second-order valence-electron chi connectivity index (χ2n) is 8.74. The average Bonchev–Trinajstić information content (AvgIpc) is 3.35. The zero-order valence-electron chi connectivity index (χ0n) is 20.6. The molecule has 0 bridgehead atoms. The summed E-state index contributed by atoms with van der Waals surface area (Å²) >= 11 is 0. The van der Waals surface area contributed by atoms with Crippen molar-refractivity contribution in [1.29, 1.82) is 0 Å². The van der Waals surface area contributed by atoms with Crippen LogP contribution < -0.4 is 15.4 Å². The van der Waals surface area contributed by atoms with Gasteiger partial charge in [-0.2, -0.15) is 0 Å². The van der Waals surface area contributed by atoms with E-state index in [1.54, 1.807) is 30.5 Å². The molecule has 9 heteroatoms. The molecule has 2 aromatic heterocycles. The minimum atomic E-state index is -0.287. The molecule has 0 saturated carbocycles. The molecule has 4 aromatic rings. The number of ether oxygens (including phenoxy) is 2. The molecule has 5 rings (SSSR count). The van der Waals surface area contributed by atoms with Gasteiger partial charge < -0.3 is 25.1 Å². The highest BCUT2D eigenvalue weighted by atomic mass is 16.5. The van der Waals surface area contributed by atoms with Crippen LogP contribution in [0.15, 0.2) is 73.6 Å². The van der Waals surface area contributed by atoms with Gasteiger partial charge in [-0.1, -0.05) is 24.8 Å².